The summed E-state index contributed by atoms with van der Waals surface area (Å²) in [5.74, 6) is 0. The lowest BCUT2D eigenvalue weighted by Gasteiger charge is -2.31. The van der Waals surface area contributed by atoms with Crippen LogP contribution in [-0.2, 0) is 4.74 Å². The average molecular weight is 343 g/mol. The van der Waals surface area contributed by atoms with Gasteiger partial charge in [-0.3, -0.25) is 9.80 Å². The molecule has 1 atom stereocenters. The van der Waals surface area contributed by atoms with Crippen LogP contribution in [0.15, 0.2) is 28.7 Å². The Morgan fingerprint density at radius 3 is 2.80 bits per heavy atom. The number of aliphatic hydroxyl groups is 1. The number of ether oxygens (including phenoxy) is 1. The van der Waals surface area contributed by atoms with Crippen molar-refractivity contribution in [2.24, 2.45) is 0 Å². The molecule has 1 aliphatic rings. The fourth-order valence-electron chi connectivity index (χ4n) is 2.49. The van der Waals surface area contributed by atoms with Crippen molar-refractivity contribution < 1.29 is 9.84 Å². The summed E-state index contributed by atoms with van der Waals surface area (Å²) in [5, 5.41) is 9.69. The molecule has 1 fully saturated rings. The average Bonchev–Trinajstić information content (AvgIpc) is 2.47. The largest absolute Gasteiger partial charge is 0.394 e. The molecule has 2 rings (SSSR count). The van der Waals surface area contributed by atoms with Crippen LogP contribution in [0, 0.1) is 0 Å². The Morgan fingerprint density at radius 1 is 1.40 bits per heavy atom. The van der Waals surface area contributed by atoms with E-state index in [1.807, 2.05) is 12.1 Å². The number of morpholine rings is 1. The number of likely N-dealkylation sites (N-methyl/N-ethyl adjacent to an activating group) is 1. The summed E-state index contributed by atoms with van der Waals surface area (Å²) in [6.45, 7) is 5.78. The predicted molar refractivity (Wildman–Crippen MR) is 83.9 cm³/mol. The molecular formula is C15H23BrN2O2. The fourth-order valence-corrected chi connectivity index (χ4v) is 2.91. The van der Waals surface area contributed by atoms with E-state index < -0.39 is 0 Å². The fraction of sp³-hybridized carbons (Fsp3) is 0.600. The van der Waals surface area contributed by atoms with Gasteiger partial charge < -0.3 is 9.84 Å². The summed E-state index contributed by atoms with van der Waals surface area (Å²) in [6, 6.07) is 8.21. The Kier molecular flexibility index (Phi) is 6.45. The highest BCUT2D eigenvalue weighted by molar-refractivity contribution is 9.10. The van der Waals surface area contributed by atoms with Crippen LogP contribution in [0.3, 0.4) is 0 Å². The van der Waals surface area contributed by atoms with Crippen LogP contribution in [0.1, 0.15) is 11.6 Å². The van der Waals surface area contributed by atoms with E-state index in [1.54, 1.807) is 0 Å². The second-order valence-corrected chi connectivity index (χ2v) is 6.10. The van der Waals surface area contributed by atoms with Crippen LogP contribution in [-0.4, -0.2) is 68.0 Å². The molecule has 20 heavy (non-hydrogen) atoms. The molecule has 0 bridgehead atoms. The number of nitrogens with zero attached hydrogens (tertiary/aromatic N) is 2. The SMILES string of the molecule is CN(CCN1CCOCC1)[C@H](CO)c1cccc(Br)c1. The van der Waals surface area contributed by atoms with Gasteiger partial charge in [0, 0.05) is 30.7 Å². The normalized spacial score (nSPS) is 18.4. The molecule has 4 nitrogen and oxygen atoms in total. The summed E-state index contributed by atoms with van der Waals surface area (Å²) in [7, 11) is 2.07. The molecule has 5 heteroatoms. The van der Waals surface area contributed by atoms with Gasteiger partial charge in [0.25, 0.3) is 0 Å². The van der Waals surface area contributed by atoms with Gasteiger partial charge in [0.15, 0.2) is 0 Å². The molecule has 0 spiro atoms. The molecule has 0 aromatic heterocycles. The molecule has 0 aliphatic carbocycles. The molecule has 0 saturated carbocycles. The Bertz CT molecular complexity index is 411. The molecule has 112 valence electrons. The first-order valence-electron chi connectivity index (χ1n) is 7.07. The second-order valence-electron chi connectivity index (χ2n) is 5.19. The van der Waals surface area contributed by atoms with Crippen LogP contribution < -0.4 is 0 Å². The first-order chi connectivity index (χ1) is 9.70. The van der Waals surface area contributed by atoms with Crippen LogP contribution in [0.25, 0.3) is 0 Å². The van der Waals surface area contributed by atoms with E-state index >= 15 is 0 Å². The summed E-state index contributed by atoms with van der Waals surface area (Å²) in [5.41, 5.74) is 1.14. The van der Waals surface area contributed by atoms with Gasteiger partial charge in [-0.05, 0) is 24.7 Å². The van der Waals surface area contributed by atoms with Gasteiger partial charge in [0.2, 0.25) is 0 Å². The van der Waals surface area contributed by atoms with Crippen molar-refractivity contribution in [2.75, 3.05) is 53.0 Å². The zero-order chi connectivity index (χ0) is 14.4. The van der Waals surface area contributed by atoms with Gasteiger partial charge in [-0.15, -0.1) is 0 Å². The lowest BCUT2D eigenvalue weighted by molar-refractivity contribution is 0.0306. The number of aliphatic hydroxyl groups excluding tert-OH is 1. The third-order valence-corrected chi connectivity index (χ3v) is 4.30. The Balaban J connectivity index is 1.89. The molecule has 0 amide bonds. The molecule has 1 aromatic rings. The van der Waals surface area contributed by atoms with Crippen molar-refractivity contribution in [3.8, 4) is 0 Å². The highest BCUT2D eigenvalue weighted by Gasteiger charge is 2.18. The van der Waals surface area contributed by atoms with Gasteiger partial charge >= 0.3 is 0 Å². The van der Waals surface area contributed by atoms with Gasteiger partial charge in [0.05, 0.1) is 25.9 Å². The Hall–Kier alpha value is -0.460. The first kappa shape index (κ1) is 15.9. The van der Waals surface area contributed by atoms with Crippen molar-refractivity contribution in [1.82, 2.24) is 9.80 Å². The number of halogens is 1. The standard InChI is InChI=1S/C15H23BrN2O2/c1-17(5-6-18-7-9-20-10-8-18)15(12-19)13-3-2-4-14(16)11-13/h2-4,11,15,19H,5-10,12H2,1H3/t15-/m1/s1. The third kappa shape index (κ3) is 4.53. The minimum absolute atomic E-state index is 0.0496. The van der Waals surface area contributed by atoms with Crippen LogP contribution in [0.4, 0.5) is 0 Å². The molecule has 1 saturated heterocycles. The molecule has 1 heterocycles. The highest BCUT2D eigenvalue weighted by atomic mass is 79.9. The summed E-state index contributed by atoms with van der Waals surface area (Å²) in [6.07, 6.45) is 0. The van der Waals surface area contributed by atoms with E-state index in [0.29, 0.717) is 0 Å². The maximum atomic E-state index is 9.69. The van der Waals surface area contributed by atoms with E-state index in [1.165, 1.54) is 0 Å². The van der Waals surface area contributed by atoms with E-state index in [9.17, 15) is 5.11 Å². The van der Waals surface area contributed by atoms with Crippen molar-refractivity contribution in [3.63, 3.8) is 0 Å². The minimum atomic E-state index is 0.0496. The monoisotopic (exact) mass is 342 g/mol. The predicted octanol–water partition coefficient (Wildman–Crippen LogP) is 1.75. The zero-order valence-electron chi connectivity index (χ0n) is 12.0. The number of hydrogen-bond acceptors (Lipinski definition) is 4. The van der Waals surface area contributed by atoms with Crippen molar-refractivity contribution in [2.45, 2.75) is 6.04 Å². The molecule has 0 radical (unpaired) electrons. The van der Waals surface area contributed by atoms with Crippen molar-refractivity contribution in [3.05, 3.63) is 34.3 Å². The number of hydrogen-bond donors (Lipinski definition) is 1. The molecule has 1 aromatic carbocycles. The van der Waals surface area contributed by atoms with Gasteiger partial charge in [0.1, 0.15) is 0 Å². The Labute approximate surface area is 129 Å². The van der Waals surface area contributed by atoms with Gasteiger partial charge in [-0.1, -0.05) is 28.1 Å². The minimum Gasteiger partial charge on any atom is -0.394 e. The molecule has 1 aliphatic heterocycles. The van der Waals surface area contributed by atoms with Gasteiger partial charge in [-0.2, -0.15) is 0 Å². The molecule has 0 unspecified atom stereocenters. The maximum Gasteiger partial charge on any atom is 0.0628 e. The van der Waals surface area contributed by atoms with Crippen molar-refractivity contribution in [1.29, 1.82) is 0 Å². The highest BCUT2D eigenvalue weighted by Crippen LogP contribution is 2.22. The van der Waals surface area contributed by atoms with Crippen LogP contribution in [0.2, 0.25) is 0 Å². The third-order valence-electron chi connectivity index (χ3n) is 3.81. The topological polar surface area (TPSA) is 35.9 Å². The van der Waals surface area contributed by atoms with E-state index in [0.717, 1.165) is 49.4 Å². The summed E-state index contributed by atoms with van der Waals surface area (Å²) in [4.78, 5) is 4.63. The molecule has 1 N–H and O–H groups in total. The van der Waals surface area contributed by atoms with Crippen LogP contribution in [0.5, 0.6) is 0 Å². The lowest BCUT2D eigenvalue weighted by atomic mass is 10.1. The number of rotatable bonds is 6. The van der Waals surface area contributed by atoms with Crippen LogP contribution >= 0.6 is 15.9 Å². The number of benzene rings is 1. The maximum absolute atomic E-state index is 9.69. The van der Waals surface area contributed by atoms with E-state index in [4.69, 9.17) is 4.74 Å². The smallest absolute Gasteiger partial charge is 0.0628 e. The van der Waals surface area contributed by atoms with E-state index in [2.05, 4.69) is 44.9 Å². The first-order valence-corrected chi connectivity index (χ1v) is 7.86. The lowest BCUT2D eigenvalue weighted by Crippen LogP contribution is -2.41. The van der Waals surface area contributed by atoms with E-state index in [-0.39, 0.29) is 12.6 Å². The second kappa shape index (κ2) is 8.10. The Morgan fingerprint density at radius 2 is 2.15 bits per heavy atom. The van der Waals surface area contributed by atoms with Gasteiger partial charge in [-0.25, -0.2) is 0 Å². The van der Waals surface area contributed by atoms with Crippen molar-refractivity contribution >= 4 is 15.9 Å². The molecular weight excluding hydrogens is 320 g/mol. The quantitative estimate of drug-likeness (QED) is 0.854. The summed E-state index contributed by atoms with van der Waals surface area (Å²) >= 11 is 3.49. The summed E-state index contributed by atoms with van der Waals surface area (Å²) < 4.78 is 6.41. The zero-order valence-corrected chi connectivity index (χ0v) is 13.6.